The summed E-state index contributed by atoms with van der Waals surface area (Å²) in [5.41, 5.74) is 1.97. The maximum Gasteiger partial charge on any atom is 0.119 e. The lowest BCUT2D eigenvalue weighted by Crippen LogP contribution is -1.96. The van der Waals surface area contributed by atoms with Crippen molar-refractivity contribution in [2.75, 3.05) is 13.7 Å². The highest BCUT2D eigenvalue weighted by Gasteiger charge is 1.98. The molecule has 0 aliphatic rings. The topological polar surface area (TPSA) is 38.7 Å². The van der Waals surface area contributed by atoms with Crippen LogP contribution < -0.4 is 9.47 Å². The van der Waals surface area contributed by atoms with Gasteiger partial charge in [0.15, 0.2) is 0 Å². The molecule has 0 fully saturated rings. The molecular weight excluding hydrogens is 264 g/mol. The summed E-state index contributed by atoms with van der Waals surface area (Å²) >= 11 is 0. The summed E-state index contributed by atoms with van der Waals surface area (Å²) in [5.74, 6) is 7.49. The van der Waals surface area contributed by atoms with Gasteiger partial charge in [-0.1, -0.05) is 24.0 Å². The van der Waals surface area contributed by atoms with Crippen molar-refractivity contribution in [2.45, 2.75) is 13.0 Å². The van der Waals surface area contributed by atoms with Gasteiger partial charge in [-0.25, -0.2) is 0 Å². The zero-order chi connectivity index (χ0) is 14.9. The second kappa shape index (κ2) is 7.98. The van der Waals surface area contributed by atoms with E-state index in [1.807, 2.05) is 48.5 Å². The molecule has 0 saturated heterocycles. The van der Waals surface area contributed by atoms with Gasteiger partial charge in [-0.3, -0.25) is 0 Å². The van der Waals surface area contributed by atoms with Gasteiger partial charge in [-0.2, -0.15) is 0 Å². The fourth-order valence-electron chi connectivity index (χ4n) is 1.78. The largest absolute Gasteiger partial charge is 0.497 e. The van der Waals surface area contributed by atoms with Crippen molar-refractivity contribution >= 4 is 0 Å². The van der Waals surface area contributed by atoms with Crippen LogP contribution in [0.1, 0.15) is 17.5 Å². The third-order valence-electron chi connectivity index (χ3n) is 2.86. The van der Waals surface area contributed by atoms with E-state index < -0.39 is 0 Å². The third kappa shape index (κ3) is 4.87. The molecule has 0 aliphatic carbocycles. The normalized spacial score (nSPS) is 9.62. The number of aliphatic hydroxyl groups excluding tert-OH is 1. The van der Waals surface area contributed by atoms with Gasteiger partial charge in [0, 0.05) is 12.0 Å². The first-order valence-corrected chi connectivity index (χ1v) is 6.77. The molecule has 3 heteroatoms. The highest BCUT2D eigenvalue weighted by molar-refractivity contribution is 5.38. The Bertz CT molecular complexity index is 621. The maximum atomic E-state index is 8.67. The maximum absolute atomic E-state index is 8.67. The molecule has 0 radical (unpaired) electrons. The summed E-state index contributed by atoms with van der Waals surface area (Å²) in [6, 6.07) is 15.4. The summed E-state index contributed by atoms with van der Waals surface area (Å²) in [4.78, 5) is 0. The lowest BCUT2D eigenvalue weighted by atomic mass is 10.2. The molecule has 2 aromatic carbocycles. The number of benzene rings is 2. The fourth-order valence-corrected chi connectivity index (χ4v) is 1.78. The average Bonchev–Trinajstić information content (AvgIpc) is 2.54. The summed E-state index contributed by atoms with van der Waals surface area (Å²) in [6.45, 7) is 0.585. The molecule has 0 unspecified atom stereocenters. The van der Waals surface area contributed by atoms with Crippen LogP contribution in [0.3, 0.4) is 0 Å². The third-order valence-corrected chi connectivity index (χ3v) is 2.86. The quantitative estimate of drug-likeness (QED) is 0.857. The van der Waals surface area contributed by atoms with Crippen molar-refractivity contribution < 1.29 is 14.6 Å². The first kappa shape index (κ1) is 15.0. The molecule has 0 spiro atoms. The lowest BCUT2D eigenvalue weighted by Gasteiger charge is -2.07. The molecule has 0 amide bonds. The van der Waals surface area contributed by atoms with Crippen molar-refractivity contribution in [3.05, 3.63) is 59.7 Å². The summed E-state index contributed by atoms with van der Waals surface area (Å²) < 4.78 is 10.9. The van der Waals surface area contributed by atoms with E-state index in [0.29, 0.717) is 13.0 Å². The molecule has 21 heavy (non-hydrogen) atoms. The minimum absolute atomic E-state index is 0.0920. The van der Waals surface area contributed by atoms with E-state index in [1.54, 1.807) is 7.11 Å². The standard InChI is InChI=1S/C18H18O3/c1-20-18-7-4-6-16(13-18)14-21-17-10-8-15(9-11-17)5-2-3-12-19/h4,6-11,13,19H,3,12,14H2,1H3. The van der Waals surface area contributed by atoms with Crippen molar-refractivity contribution in [1.82, 2.24) is 0 Å². The van der Waals surface area contributed by atoms with Gasteiger partial charge in [0.1, 0.15) is 18.1 Å². The lowest BCUT2D eigenvalue weighted by molar-refractivity contribution is 0.305. The zero-order valence-electron chi connectivity index (χ0n) is 12.0. The molecule has 3 nitrogen and oxygen atoms in total. The van der Waals surface area contributed by atoms with Crippen LogP contribution in [-0.2, 0) is 6.61 Å². The molecule has 0 aliphatic heterocycles. The van der Waals surface area contributed by atoms with E-state index in [9.17, 15) is 0 Å². The molecule has 1 N–H and O–H groups in total. The van der Waals surface area contributed by atoms with Gasteiger partial charge in [0.25, 0.3) is 0 Å². The van der Waals surface area contributed by atoms with Crippen LogP contribution in [0.25, 0.3) is 0 Å². The smallest absolute Gasteiger partial charge is 0.119 e. The van der Waals surface area contributed by atoms with Gasteiger partial charge in [0.05, 0.1) is 13.7 Å². The number of rotatable bonds is 5. The predicted octanol–water partition coefficient (Wildman–Crippen LogP) is 3.01. The Morgan fingerprint density at radius 2 is 1.86 bits per heavy atom. The van der Waals surface area contributed by atoms with Crippen LogP contribution in [0.5, 0.6) is 11.5 Å². The van der Waals surface area contributed by atoms with Gasteiger partial charge >= 0.3 is 0 Å². The molecule has 2 aromatic rings. The predicted molar refractivity (Wildman–Crippen MR) is 82.3 cm³/mol. The van der Waals surface area contributed by atoms with Crippen LogP contribution >= 0.6 is 0 Å². The molecule has 2 rings (SSSR count). The number of hydrogen-bond donors (Lipinski definition) is 1. The van der Waals surface area contributed by atoms with Crippen LogP contribution in [0.4, 0.5) is 0 Å². The van der Waals surface area contributed by atoms with Gasteiger partial charge in [0.2, 0.25) is 0 Å². The second-order valence-electron chi connectivity index (χ2n) is 4.44. The number of methoxy groups -OCH3 is 1. The SMILES string of the molecule is COc1cccc(COc2ccc(C#CCCO)cc2)c1. The van der Waals surface area contributed by atoms with Crippen molar-refractivity contribution in [2.24, 2.45) is 0 Å². The van der Waals surface area contributed by atoms with Crippen molar-refractivity contribution in [1.29, 1.82) is 0 Å². The van der Waals surface area contributed by atoms with Crippen molar-refractivity contribution in [3.63, 3.8) is 0 Å². The fraction of sp³-hybridized carbons (Fsp3) is 0.222. The molecule has 0 saturated carbocycles. The first-order valence-electron chi connectivity index (χ1n) is 6.77. The van der Waals surface area contributed by atoms with Crippen LogP contribution in [0.2, 0.25) is 0 Å². The van der Waals surface area contributed by atoms with Crippen LogP contribution in [0, 0.1) is 11.8 Å². The van der Waals surface area contributed by atoms with Gasteiger partial charge < -0.3 is 14.6 Å². The van der Waals surface area contributed by atoms with Gasteiger partial charge in [-0.05, 0) is 42.0 Å². The Balaban J connectivity index is 1.93. The Hall–Kier alpha value is -2.44. The summed E-state index contributed by atoms with van der Waals surface area (Å²) in [6.07, 6.45) is 0.494. The molecular formula is C18H18O3. The van der Waals surface area contributed by atoms with E-state index in [0.717, 1.165) is 22.6 Å². The number of aliphatic hydroxyl groups is 1. The van der Waals surface area contributed by atoms with E-state index in [1.165, 1.54) is 0 Å². The Kier molecular flexibility index (Phi) is 5.69. The van der Waals surface area contributed by atoms with E-state index >= 15 is 0 Å². The van der Waals surface area contributed by atoms with Crippen LogP contribution in [-0.4, -0.2) is 18.8 Å². The minimum atomic E-state index is 0.0920. The Morgan fingerprint density at radius 3 is 2.57 bits per heavy atom. The summed E-state index contributed by atoms with van der Waals surface area (Å²) in [5, 5.41) is 8.67. The molecule has 0 aromatic heterocycles. The average molecular weight is 282 g/mol. The Morgan fingerprint density at radius 1 is 1.05 bits per heavy atom. The van der Waals surface area contributed by atoms with E-state index in [-0.39, 0.29) is 6.61 Å². The van der Waals surface area contributed by atoms with E-state index in [2.05, 4.69) is 11.8 Å². The van der Waals surface area contributed by atoms with E-state index in [4.69, 9.17) is 14.6 Å². The number of hydrogen-bond acceptors (Lipinski definition) is 3. The first-order chi connectivity index (χ1) is 10.3. The number of ether oxygens (including phenoxy) is 2. The highest BCUT2D eigenvalue weighted by Crippen LogP contribution is 2.16. The monoisotopic (exact) mass is 282 g/mol. The van der Waals surface area contributed by atoms with Crippen molar-refractivity contribution in [3.8, 4) is 23.3 Å². The van der Waals surface area contributed by atoms with Crippen LogP contribution in [0.15, 0.2) is 48.5 Å². The molecule has 0 atom stereocenters. The minimum Gasteiger partial charge on any atom is -0.497 e. The molecule has 0 bridgehead atoms. The van der Waals surface area contributed by atoms with Gasteiger partial charge in [-0.15, -0.1) is 0 Å². The zero-order valence-corrected chi connectivity index (χ0v) is 12.0. The molecule has 108 valence electrons. The highest BCUT2D eigenvalue weighted by atomic mass is 16.5. The second-order valence-corrected chi connectivity index (χ2v) is 4.44. The summed E-state index contributed by atoms with van der Waals surface area (Å²) in [7, 11) is 1.65. The molecule has 0 heterocycles. The Labute approximate surface area is 125 Å².